The van der Waals surface area contributed by atoms with Crippen molar-refractivity contribution in [2.45, 2.75) is 20.0 Å². The molecule has 0 spiro atoms. The lowest BCUT2D eigenvalue weighted by Gasteiger charge is -2.28. The normalized spacial score (nSPS) is 14.0. The SMILES string of the molecule is CC.O=C(Nc1ccc(C(F)(F)F)cc1)Nc1c[nH]c2ccc(N3CCNCC3)nc12. The third kappa shape index (κ3) is 5.46. The van der Waals surface area contributed by atoms with Crippen LogP contribution in [-0.2, 0) is 6.18 Å². The number of benzene rings is 1. The Labute approximate surface area is 178 Å². The number of amides is 2. The minimum atomic E-state index is -4.42. The molecule has 4 N–H and O–H groups in total. The van der Waals surface area contributed by atoms with Crippen LogP contribution in [0.25, 0.3) is 11.0 Å². The third-order valence-corrected chi connectivity index (χ3v) is 4.67. The number of alkyl halides is 3. The highest BCUT2D eigenvalue weighted by atomic mass is 19.4. The van der Waals surface area contributed by atoms with E-state index in [4.69, 9.17) is 0 Å². The van der Waals surface area contributed by atoms with E-state index in [-0.39, 0.29) is 5.69 Å². The molecule has 0 saturated carbocycles. The predicted octanol–water partition coefficient (Wildman–Crippen LogP) is 4.66. The van der Waals surface area contributed by atoms with E-state index in [1.165, 1.54) is 12.1 Å². The first-order valence-corrected chi connectivity index (χ1v) is 10.1. The van der Waals surface area contributed by atoms with Crippen LogP contribution in [0.3, 0.4) is 0 Å². The lowest BCUT2D eigenvalue weighted by atomic mass is 10.2. The molecule has 0 aliphatic carbocycles. The number of carbonyl (C=O) groups is 1. The van der Waals surface area contributed by atoms with Gasteiger partial charge in [0.05, 0.1) is 16.8 Å². The van der Waals surface area contributed by atoms with Gasteiger partial charge in [0.25, 0.3) is 0 Å². The number of carbonyl (C=O) groups excluding carboxylic acids is 1. The maximum absolute atomic E-state index is 12.6. The number of urea groups is 1. The van der Waals surface area contributed by atoms with E-state index in [0.29, 0.717) is 11.2 Å². The van der Waals surface area contributed by atoms with E-state index in [0.717, 1.165) is 49.6 Å². The van der Waals surface area contributed by atoms with Gasteiger partial charge in [-0.1, -0.05) is 13.8 Å². The number of piperazine rings is 1. The number of aromatic nitrogens is 2. The molecule has 0 unspecified atom stereocenters. The highest BCUT2D eigenvalue weighted by Gasteiger charge is 2.30. The molecule has 1 aromatic carbocycles. The molecule has 166 valence electrons. The van der Waals surface area contributed by atoms with Crippen molar-refractivity contribution in [2.24, 2.45) is 0 Å². The van der Waals surface area contributed by atoms with Crippen LogP contribution >= 0.6 is 0 Å². The van der Waals surface area contributed by atoms with Crippen molar-refractivity contribution in [3.05, 3.63) is 48.2 Å². The van der Waals surface area contributed by atoms with Crippen LogP contribution in [0.15, 0.2) is 42.6 Å². The number of aromatic amines is 1. The Hall–Kier alpha value is -3.27. The summed E-state index contributed by atoms with van der Waals surface area (Å²) in [6.45, 7) is 7.46. The molecule has 0 radical (unpaired) electrons. The van der Waals surface area contributed by atoms with Crippen molar-refractivity contribution in [1.29, 1.82) is 0 Å². The van der Waals surface area contributed by atoms with Gasteiger partial charge in [-0.25, -0.2) is 9.78 Å². The number of H-pyrrole nitrogens is 1. The van der Waals surface area contributed by atoms with E-state index in [2.05, 4.69) is 30.8 Å². The second kappa shape index (κ2) is 9.69. The number of hydrogen-bond donors (Lipinski definition) is 4. The van der Waals surface area contributed by atoms with E-state index < -0.39 is 17.8 Å². The summed E-state index contributed by atoms with van der Waals surface area (Å²) in [5.41, 5.74) is 1.35. The number of nitrogens with zero attached hydrogens (tertiary/aromatic N) is 2. The highest BCUT2D eigenvalue weighted by molar-refractivity contribution is 6.05. The lowest BCUT2D eigenvalue weighted by molar-refractivity contribution is -0.137. The molecule has 7 nitrogen and oxygen atoms in total. The first-order chi connectivity index (χ1) is 14.9. The fourth-order valence-electron chi connectivity index (χ4n) is 3.18. The monoisotopic (exact) mass is 434 g/mol. The van der Waals surface area contributed by atoms with Gasteiger partial charge in [0.15, 0.2) is 0 Å². The Morgan fingerprint density at radius 2 is 1.71 bits per heavy atom. The molecule has 2 amide bonds. The molecule has 0 atom stereocenters. The van der Waals surface area contributed by atoms with E-state index in [1.54, 1.807) is 6.20 Å². The van der Waals surface area contributed by atoms with Crippen molar-refractivity contribution in [2.75, 3.05) is 41.7 Å². The second-order valence-electron chi connectivity index (χ2n) is 6.66. The molecule has 3 heterocycles. The zero-order valence-electron chi connectivity index (χ0n) is 17.3. The Kier molecular flexibility index (Phi) is 7.01. The number of fused-ring (bicyclic) bond motifs is 1. The van der Waals surface area contributed by atoms with Crippen LogP contribution < -0.4 is 20.9 Å². The molecule has 31 heavy (non-hydrogen) atoms. The molecule has 0 bridgehead atoms. The van der Waals surface area contributed by atoms with Gasteiger partial charge in [-0.2, -0.15) is 13.2 Å². The molecule has 4 rings (SSSR count). The summed E-state index contributed by atoms with van der Waals surface area (Å²) in [7, 11) is 0. The molecule has 2 aromatic heterocycles. The quantitative estimate of drug-likeness (QED) is 0.483. The molecule has 1 aliphatic rings. The van der Waals surface area contributed by atoms with Crippen LogP contribution in [0.1, 0.15) is 19.4 Å². The minimum absolute atomic E-state index is 0.254. The molecular weight excluding hydrogens is 409 g/mol. The molecular formula is C21H25F3N6O. The van der Waals surface area contributed by atoms with Gasteiger partial charge in [-0.15, -0.1) is 0 Å². The maximum atomic E-state index is 12.6. The van der Waals surface area contributed by atoms with Gasteiger partial charge >= 0.3 is 12.2 Å². The predicted molar refractivity (Wildman–Crippen MR) is 117 cm³/mol. The van der Waals surface area contributed by atoms with Crippen molar-refractivity contribution in [3.8, 4) is 0 Å². The molecule has 3 aromatic rings. The third-order valence-electron chi connectivity index (χ3n) is 4.67. The highest BCUT2D eigenvalue weighted by Crippen LogP contribution is 2.30. The number of hydrogen-bond acceptors (Lipinski definition) is 4. The smallest absolute Gasteiger partial charge is 0.358 e. The lowest BCUT2D eigenvalue weighted by Crippen LogP contribution is -2.43. The van der Waals surface area contributed by atoms with Crippen LogP contribution in [0.5, 0.6) is 0 Å². The minimum Gasteiger partial charge on any atom is -0.358 e. The van der Waals surface area contributed by atoms with Crippen LogP contribution in [0, 0.1) is 0 Å². The van der Waals surface area contributed by atoms with Gasteiger partial charge in [-0.05, 0) is 36.4 Å². The van der Waals surface area contributed by atoms with Crippen LogP contribution in [-0.4, -0.2) is 42.2 Å². The standard InChI is InChI=1S/C19H19F3N6O.C2H6/c20-19(21,22)12-1-3-13(4-2-12)25-18(29)26-15-11-24-14-5-6-16(27-17(14)15)28-9-7-23-8-10-28;1-2/h1-6,11,23-24H,7-10H2,(H2,25,26,29);1-2H3. The second-order valence-corrected chi connectivity index (χ2v) is 6.66. The topological polar surface area (TPSA) is 85.1 Å². The fraction of sp³-hybridized carbons (Fsp3) is 0.333. The summed E-state index contributed by atoms with van der Waals surface area (Å²) in [4.78, 5) is 22.2. The number of pyridine rings is 1. The summed E-state index contributed by atoms with van der Waals surface area (Å²) >= 11 is 0. The number of nitrogens with one attached hydrogen (secondary N) is 4. The fourth-order valence-corrected chi connectivity index (χ4v) is 3.18. The zero-order chi connectivity index (χ0) is 22.4. The van der Waals surface area contributed by atoms with Crippen LogP contribution in [0.4, 0.5) is 35.2 Å². The average molecular weight is 434 g/mol. The molecule has 1 aliphatic heterocycles. The average Bonchev–Trinajstić information content (AvgIpc) is 3.17. The Morgan fingerprint density at radius 1 is 1.03 bits per heavy atom. The van der Waals surface area contributed by atoms with Gasteiger partial charge in [0, 0.05) is 38.1 Å². The summed E-state index contributed by atoms with van der Waals surface area (Å²) in [6, 6.07) is 7.51. The van der Waals surface area contributed by atoms with Gasteiger partial charge in [0.2, 0.25) is 0 Å². The molecule has 1 fully saturated rings. The maximum Gasteiger partial charge on any atom is 0.416 e. The van der Waals surface area contributed by atoms with Crippen molar-refractivity contribution in [3.63, 3.8) is 0 Å². The van der Waals surface area contributed by atoms with Gasteiger partial charge < -0.3 is 25.8 Å². The van der Waals surface area contributed by atoms with E-state index >= 15 is 0 Å². The summed E-state index contributed by atoms with van der Waals surface area (Å²) < 4.78 is 37.9. The number of rotatable bonds is 3. The van der Waals surface area contributed by atoms with E-state index in [9.17, 15) is 18.0 Å². The van der Waals surface area contributed by atoms with Gasteiger partial charge in [-0.3, -0.25) is 0 Å². The van der Waals surface area contributed by atoms with Crippen molar-refractivity contribution in [1.82, 2.24) is 15.3 Å². The molecule has 10 heteroatoms. The summed E-state index contributed by atoms with van der Waals surface area (Å²) in [6.07, 6.45) is -2.79. The first-order valence-electron chi connectivity index (χ1n) is 10.1. The zero-order valence-corrected chi connectivity index (χ0v) is 17.3. The van der Waals surface area contributed by atoms with Crippen molar-refractivity contribution < 1.29 is 18.0 Å². The summed E-state index contributed by atoms with van der Waals surface area (Å²) in [5, 5.41) is 8.50. The Bertz CT molecular complexity index is 1010. The molecule has 1 saturated heterocycles. The largest absolute Gasteiger partial charge is 0.416 e. The first kappa shape index (κ1) is 22.4. The van der Waals surface area contributed by atoms with Crippen molar-refractivity contribution >= 4 is 34.3 Å². The van der Waals surface area contributed by atoms with E-state index in [1.807, 2.05) is 26.0 Å². The number of anilines is 3. The Morgan fingerprint density at radius 3 is 2.35 bits per heavy atom. The Balaban J connectivity index is 0.00000132. The number of halogens is 3. The van der Waals surface area contributed by atoms with Gasteiger partial charge in [0.1, 0.15) is 11.3 Å². The summed E-state index contributed by atoms with van der Waals surface area (Å²) in [5.74, 6) is 0.824. The van der Waals surface area contributed by atoms with Crippen LogP contribution in [0.2, 0.25) is 0 Å².